The molecule has 1 unspecified atom stereocenters. The third kappa shape index (κ3) is 31.7. The molecule has 0 bridgehead atoms. The number of hydrogen-bond donors (Lipinski definition) is 1. The molecule has 1 atom stereocenters. The summed E-state index contributed by atoms with van der Waals surface area (Å²) in [4.78, 5) is 0. The van der Waals surface area contributed by atoms with Crippen LogP contribution >= 0.6 is 0 Å². The predicted octanol–water partition coefficient (Wildman–Crippen LogP) is 11.2. The molecule has 0 rings (SSSR count). The Hall–Kier alpha value is -0.390. The minimum atomic E-state index is -4.37. The van der Waals surface area contributed by atoms with E-state index in [1.165, 1.54) is 148 Å². The van der Waals surface area contributed by atoms with Crippen molar-refractivity contribution in [1.82, 2.24) is 0 Å². The van der Waals surface area contributed by atoms with Gasteiger partial charge < -0.3 is 0 Å². The monoisotopic (exact) mass is 544 g/mol. The molecular formula is C32H64O4S. The van der Waals surface area contributed by atoms with Crippen LogP contribution in [0.5, 0.6) is 0 Å². The van der Waals surface area contributed by atoms with Gasteiger partial charge in [-0.05, 0) is 19.3 Å². The van der Waals surface area contributed by atoms with E-state index in [-0.39, 0.29) is 12.5 Å². The van der Waals surface area contributed by atoms with Gasteiger partial charge in [0.05, 0.1) is 6.61 Å². The minimum Gasteiger partial charge on any atom is -0.264 e. The van der Waals surface area contributed by atoms with Gasteiger partial charge in [0.15, 0.2) is 0 Å². The Morgan fingerprint density at radius 1 is 0.568 bits per heavy atom. The molecule has 0 aromatic heterocycles. The van der Waals surface area contributed by atoms with Crippen LogP contribution < -0.4 is 0 Å². The molecular weight excluding hydrogens is 480 g/mol. The van der Waals surface area contributed by atoms with Crippen LogP contribution in [-0.4, -0.2) is 19.6 Å². The summed E-state index contributed by atoms with van der Waals surface area (Å²) in [6.45, 7) is 4.58. The highest BCUT2D eigenvalue weighted by atomic mass is 32.3. The summed E-state index contributed by atoms with van der Waals surface area (Å²) in [5.41, 5.74) is 0. The maximum atomic E-state index is 11.0. The highest BCUT2D eigenvalue weighted by Crippen LogP contribution is 2.17. The summed E-state index contributed by atoms with van der Waals surface area (Å²) < 4.78 is 35.7. The Balaban J connectivity index is 3.81. The lowest BCUT2D eigenvalue weighted by Crippen LogP contribution is -2.12. The average molecular weight is 545 g/mol. The van der Waals surface area contributed by atoms with Crippen molar-refractivity contribution in [3.63, 3.8) is 0 Å². The summed E-state index contributed by atoms with van der Waals surface area (Å²) >= 11 is 0. The van der Waals surface area contributed by atoms with Crippen LogP contribution in [0.3, 0.4) is 0 Å². The SMILES string of the molecule is CCCCCCCCCCCCC/C=C/C(CCCCCCCCCCCCCCC)COS(=O)(=O)O. The van der Waals surface area contributed by atoms with Gasteiger partial charge in [-0.15, -0.1) is 0 Å². The summed E-state index contributed by atoms with van der Waals surface area (Å²) in [6.07, 6.45) is 38.3. The van der Waals surface area contributed by atoms with E-state index in [4.69, 9.17) is 8.74 Å². The second kappa shape index (κ2) is 28.6. The molecule has 0 amide bonds. The first kappa shape index (κ1) is 36.6. The van der Waals surface area contributed by atoms with Crippen molar-refractivity contribution in [3.05, 3.63) is 12.2 Å². The molecule has 0 aliphatic heterocycles. The summed E-state index contributed by atoms with van der Waals surface area (Å²) in [5, 5.41) is 0. The molecule has 0 aromatic rings. The number of allylic oxidation sites excluding steroid dienone is 1. The molecule has 0 spiro atoms. The van der Waals surface area contributed by atoms with E-state index < -0.39 is 10.4 Å². The van der Waals surface area contributed by atoms with Crippen molar-refractivity contribution in [3.8, 4) is 0 Å². The normalized spacial score (nSPS) is 13.1. The predicted molar refractivity (Wildman–Crippen MR) is 162 cm³/mol. The lowest BCUT2D eigenvalue weighted by Gasteiger charge is -2.12. The largest absolute Gasteiger partial charge is 0.397 e. The van der Waals surface area contributed by atoms with E-state index in [0.717, 1.165) is 19.3 Å². The van der Waals surface area contributed by atoms with Crippen LogP contribution in [0, 0.1) is 5.92 Å². The third-order valence-electron chi connectivity index (χ3n) is 7.49. The van der Waals surface area contributed by atoms with E-state index in [0.29, 0.717) is 0 Å². The molecule has 0 heterocycles. The van der Waals surface area contributed by atoms with Gasteiger partial charge >= 0.3 is 10.4 Å². The lowest BCUT2D eigenvalue weighted by molar-refractivity contribution is 0.234. The minimum absolute atomic E-state index is 0.0475. The van der Waals surface area contributed by atoms with Gasteiger partial charge in [-0.1, -0.05) is 174 Å². The van der Waals surface area contributed by atoms with Crippen LogP contribution in [0.1, 0.15) is 181 Å². The van der Waals surface area contributed by atoms with Gasteiger partial charge in [0.2, 0.25) is 0 Å². The van der Waals surface area contributed by atoms with Crippen LogP contribution in [0.25, 0.3) is 0 Å². The van der Waals surface area contributed by atoms with Crippen molar-refractivity contribution < 1.29 is 17.2 Å². The first-order valence-electron chi connectivity index (χ1n) is 16.3. The lowest BCUT2D eigenvalue weighted by atomic mass is 9.99. The van der Waals surface area contributed by atoms with Gasteiger partial charge in [-0.25, -0.2) is 4.18 Å². The van der Waals surface area contributed by atoms with Crippen molar-refractivity contribution in [2.24, 2.45) is 5.92 Å². The molecule has 4 nitrogen and oxygen atoms in total. The Morgan fingerprint density at radius 3 is 1.30 bits per heavy atom. The maximum absolute atomic E-state index is 11.0. The van der Waals surface area contributed by atoms with E-state index in [9.17, 15) is 8.42 Å². The molecule has 0 saturated heterocycles. The molecule has 0 radical (unpaired) electrons. The molecule has 5 heteroatoms. The molecule has 0 aromatic carbocycles. The standard InChI is InChI=1S/C32H64O4S/c1-3-5-7-9-11-13-15-17-19-21-23-25-27-29-32(31-36-37(33,34)35)30-28-26-24-22-20-18-16-14-12-10-8-6-4-2/h27,29,32H,3-26,28,30-31H2,1-2H3,(H,33,34,35)/b29-27+. The molecule has 0 aliphatic carbocycles. The maximum Gasteiger partial charge on any atom is 0.397 e. The molecule has 0 saturated carbocycles. The fourth-order valence-corrected chi connectivity index (χ4v) is 5.39. The number of unbranched alkanes of at least 4 members (excludes halogenated alkanes) is 23. The van der Waals surface area contributed by atoms with Gasteiger partial charge in [0.1, 0.15) is 0 Å². The molecule has 0 fully saturated rings. The molecule has 1 N–H and O–H groups in total. The quantitative estimate of drug-likeness (QED) is 0.0555. The van der Waals surface area contributed by atoms with E-state index in [1.807, 2.05) is 0 Å². The summed E-state index contributed by atoms with van der Waals surface area (Å²) in [6, 6.07) is 0. The van der Waals surface area contributed by atoms with Crippen LogP contribution in [-0.2, 0) is 14.6 Å². The summed E-state index contributed by atoms with van der Waals surface area (Å²) in [5.74, 6) is 0.0577. The topological polar surface area (TPSA) is 63.6 Å². The zero-order chi connectivity index (χ0) is 27.3. The second-order valence-electron chi connectivity index (χ2n) is 11.3. The Bertz CT molecular complexity index is 573. The van der Waals surface area contributed by atoms with Gasteiger partial charge in [-0.2, -0.15) is 8.42 Å². The fraction of sp³-hybridized carbons (Fsp3) is 0.938. The van der Waals surface area contributed by atoms with Crippen LogP contribution in [0.4, 0.5) is 0 Å². The van der Waals surface area contributed by atoms with E-state index in [2.05, 4.69) is 26.0 Å². The number of hydrogen-bond acceptors (Lipinski definition) is 3. The zero-order valence-corrected chi connectivity index (χ0v) is 25.7. The van der Waals surface area contributed by atoms with Gasteiger partial charge in [-0.3, -0.25) is 4.55 Å². The second-order valence-corrected chi connectivity index (χ2v) is 12.3. The average Bonchev–Trinajstić information content (AvgIpc) is 2.87. The van der Waals surface area contributed by atoms with Crippen LogP contribution in [0.15, 0.2) is 12.2 Å². The highest BCUT2D eigenvalue weighted by Gasteiger charge is 2.11. The smallest absolute Gasteiger partial charge is 0.264 e. The third-order valence-corrected chi connectivity index (χ3v) is 7.93. The van der Waals surface area contributed by atoms with Crippen molar-refractivity contribution in [1.29, 1.82) is 0 Å². The Kier molecular flexibility index (Phi) is 28.3. The highest BCUT2D eigenvalue weighted by molar-refractivity contribution is 7.80. The van der Waals surface area contributed by atoms with Crippen molar-refractivity contribution in [2.75, 3.05) is 6.61 Å². The Morgan fingerprint density at radius 2 is 0.919 bits per heavy atom. The zero-order valence-electron chi connectivity index (χ0n) is 24.9. The van der Waals surface area contributed by atoms with Crippen LogP contribution in [0.2, 0.25) is 0 Å². The van der Waals surface area contributed by atoms with E-state index >= 15 is 0 Å². The van der Waals surface area contributed by atoms with Gasteiger partial charge in [0, 0.05) is 5.92 Å². The van der Waals surface area contributed by atoms with Gasteiger partial charge in [0.25, 0.3) is 0 Å². The molecule has 37 heavy (non-hydrogen) atoms. The van der Waals surface area contributed by atoms with E-state index in [1.54, 1.807) is 0 Å². The first-order valence-corrected chi connectivity index (χ1v) is 17.6. The molecule has 222 valence electrons. The molecule has 0 aliphatic rings. The Labute approximate surface area is 232 Å². The van der Waals surface area contributed by atoms with Crippen molar-refractivity contribution in [2.45, 2.75) is 181 Å². The van der Waals surface area contributed by atoms with Crippen molar-refractivity contribution >= 4 is 10.4 Å². The number of rotatable bonds is 30. The fourth-order valence-electron chi connectivity index (χ4n) is 5.05. The first-order chi connectivity index (χ1) is 18.0. The summed E-state index contributed by atoms with van der Waals surface area (Å²) in [7, 11) is -4.37.